The minimum absolute atomic E-state index is 0.0808. The third kappa shape index (κ3) is 7.64. The second-order valence-electron chi connectivity index (χ2n) is 9.76. The lowest BCUT2D eigenvalue weighted by Gasteiger charge is -2.33. The van der Waals surface area contributed by atoms with Crippen LogP contribution in [0.25, 0.3) is 0 Å². The number of unbranched alkanes of at least 4 members (excludes halogenated alkanes) is 1. The maximum atomic E-state index is 14.1. The number of nitrogens with one attached hydrogen (secondary N) is 1. The molecular formula is C31H38ClN3O4S. The Hall–Kier alpha value is -3.36. The highest BCUT2D eigenvalue weighted by Crippen LogP contribution is 2.29. The van der Waals surface area contributed by atoms with E-state index in [1.165, 1.54) is 17.0 Å². The summed E-state index contributed by atoms with van der Waals surface area (Å²) in [7, 11) is -4.10. The van der Waals surface area contributed by atoms with E-state index >= 15 is 0 Å². The normalized spacial score (nSPS) is 12.0. The van der Waals surface area contributed by atoms with Crippen LogP contribution in [0.1, 0.15) is 49.8 Å². The van der Waals surface area contributed by atoms with Crippen molar-refractivity contribution in [2.45, 2.75) is 64.4 Å². The van der Waals surface area contributed by atoms with Gasteiger partial charge in [-0.1, -0.05) is 74.3 Å². The quantitative estimate of drug-likeness (QED) is 0.255. The number of benzene rings is 3. The number of amides is 2. The highest BCUT2D eigenvalue weighted by Gasteiger charge is 2.34. The van der Waals surface area contributed by atoms with Gasteiger partial charge in [0.1, 0.15) is 12.6 Å². The van der Waals surface area contributed by atoms with Crippen molar-refractivity contribution < 1.29 is 18.0 Å². The summed E-state index contributed by atoms with van der Waals surface area (Å²) in [6.07, 6.45) is 2.11. The Kier molecular flexibility index (Phi) is 11.2. The molecule has 0 heterocycles. The van der Waals surface area contributed by atoms with Crippen molar-refractivity contribution in [2.24, 2.45) is 0 Å². The molecule has 40 heavy (non-hydrogen) atoms. The number of rotatable bonds is 13. The van der Waals surface area contributed by atoms with Crippen LogP contribution >= 0.6 is 11.6 Å². The predicted molar refractivity (Wildman–Crippen MR) is 161 cm³/mol. The SMILES string of the molecule is CCCCNC(=O)C(CC)N(Cc1ccc(Cl)cc1)C(=O)CN(c1cccc(C)c1C)S(=O)(=O)c1ccccc1. The van der Waals surface area contributed by atoms with Gasteiger partial charge < -0.3 is 10.2 Å². The fourth-order valence-electron chi connectivity index (χ4n) is 4.45. The van der Waals surface area contributed by atoms with E-state index < -0.39 is 28.5 Å². The first-order valence-corrected chi connectivity index (χ1v) is 15.4. The number of nitrogens with zero attached hydrogens (tertiary/aromatic N) is 2. The zero-order valence-corrected chi connectivity index (χ0v) is 25.1. The first kappa shape index (κ1) is 31.2. The van der Waals surface area contributed by atoms with Crippen LogP contribution in [0.15, 0.2) is 77.7 Å². The third-order valence-corrected chi connectivity index (χ3v) is 8.96. The van der Waals surface area contributed by atoms with Gasteiger partial charge in [-0.15, -0.1) is 0 Å². The Bertz CT molecular complexity index is 1400. The van der Waals surface area contributed by atoms with Crippen LogP contribution in [0.4, 0.5) is 5.69 Å². The summed E-state index contributed by atoms with van der Waals surface area (Å²) in [4.78, 5) is 28.9. The molecule has 1 atom stereocenters. The molecular weight excluding hydrogens is 546 g/mol. The van der Waals surface area contributed by atoms with Gasteiger partial charge in [0.25, 0.3) is 10.0 Å². The van der Waals surface area contributed by atoms with Crippen molar-refractivity contribution in [3.63, 3.8) is 0 Å². The van der Waals surface area contributed by atoms with Gasteiger partial charge in [-0.2, -0.15) is 0 Å². The Morgan fingerprint density at radius 3 is 2.23 bits per heavy atom. The Morgan fingerprint density at radius 1 is 0.925 bits per heavy atom. The van der Waals surface area contributed by atoms with E-state index in [-0.39, 0.29) is 17.3 Å². The first-order chi connectivity index (χ1) is 19.1. The summed E-state index contributed by atoms with van der Waals surface area (Å²) in [5.74, 6) is -0.740. The van der Waals surface area contributed by atoms with E-state index in [4.69, 9.17) is 11.6 Å². The van der Waals surface area contributed by atoms with E-state index in [1.54, 1.807) is 54.6 Å². The topological polar surface area (TPSA) is 86.8 Å². The molecule has 0 saturated heterocycles. The van der Waals surface area contributed by atoms with Gasteiger partial charge in [0.15, 0.2) is 0 Å². The highest BCUT2D eigenvalue weighted by molar-refractivity contribution is 7.92. The molecule has 0 aliphatic rings. The molecule has 3 rings (SSSR count). The summed E-state index contributed by atoms with van der Waals surface area (Å²) < 4.78 is 29.1. The van der Waals surface area contributed by atoms with Crippen LogP contribution in [0.5, 0.6) is 0 Å². The maximum absolute atomic E-state index is 14.1. The second-order valence-corrected chi connectivity index (χ2v) is 12.1. The number of carbonyl (C=O) groups excluding carboxylic acids is 2. The molecule has 0 fully saturated rings. The van der Waals surface area contributed by atoms with Crippen molar-refractivity contribution >= 4 is 39.1 Å². The summed E-state index contributed by atoms with van der Waals surface area (Å²) in [5.41, 5.74) is 2.85. The van der Waals surface area contributed by atoms with Crippen molar-refractivity contribution in [2.75, 3.05) is 17.4 Å². The van der Waals surface area contributed by atoms with E-state index in [9.17, 15) is 18.0 Å². The van der Waals surface area contributed by atoms with E-state index in [1.807, 2.05) is 33.8 Å². The molecule has 0 bridgehead atoms. The Balaban J connectivity index is 2.06. The number of halogens is 1. The number of anilines is 1. The van der Waals surface area contributed by atoms with Crippen LogP contribution in [0.2, 0.25) is 5.02 Å². The van der Waals surface area contributed by atoms with Crippen LogP contribution in [0.3, 0.4) is 0 Å². The average Bonchev–Trinajstić information content (AvgIpc) is 2.95. The number of hydrogen-bond acceptors (Lipinski definition) is 4. The molecule has 214 valence electrons. The first-order valence-electron chi connectivity index (χ1n) is 13.6. The lowest BCUT2D eigenvalue weighted by Crippen LogP contribution is -2.52. The van der Waals surface area contributed by atoms with Crippen molar-refractivity contribution in [1.82, 2.24) is 10.2 Å². The second kappa shape index (κ2) is 14.3. The molecule has 0 aromatic heterocycles. The molecule has 0 radical (unpaired) electrons. The summed E-state index contributed by atoms with van der Waals surface area (Å²) in [5, 5.41) is 3.49. The fourth-order valence-corrected chi connectivity index (χ4v) is 6.07. The zero-order chi connectivity index (χ0) is 29.3. The summed E-state index contributed by atoms with van der Waals surface area (Å²) in [6.45, 7) is 7.78. The zero-order valence-electron chi connectivity index (χ0n) is 23.6. The standard InChI is InChI=1S/C31H38ClN3O4S/c1-5-7-20-33-31(37)28(6-2)34(21-25-16-18-26(32)19-17-25)30(36)22-35(29-15-11-12-23(3)24(29)4)40(38,39)27-13-9-8-10-14-27/h8-19,28H,5-7,20-22H2,1-4H3,(H,33,37). The van der Waals surface area contributed by atoms with Gasteiger partial charge in [-0.3, -0.25) is 13.9 Å². The lowest BCUT2D eigenvalue weighted by atomic mass is 10.1. The van der Waals surface area contributed by atoms with Gasteiger partial charge >= 0.3 is 0 Å². The van der Waals surface area contributed by atoms with Gasteiger partial charge in [-0.05, 0) is 73.7 Å². The van der Waals surface area contributed by atoms with Crippen LogP contribution < -0.4 is 9.62 Å². The summed E-state index contributed by atoms with van der Waals surface area (Å²) in [6, 6.07) is 19.7. The van der Waals surface area contributed by atoms with Crippen LogP contribution in [0, 0.1) is 13.8 Å². The van der Waals surface area contributed by atoms with Crippen molar-refractivity contribution in [1.29, 1.82) is 0 Å². The number of sulfonamides is 1. The maximum Gasteiger partial charge on any atom is 0.264 e. The number of aryl methyl sites for hydroxylation is 1. The molecule has 3 aromatic carbocycles. The van der Waals surface area contributed by atoms with Crippen molar-refractivity contribution in [3.8, 4) is 0 Å². The highest BCUT2D eigenvalue weighted by atomic mass is 35.5. The van der Waals surface area contributed by atoms with Gasteiger partial charge in [0.2, 0.25) is 11.8 Å². The monoisotopic (exact) mass is 583 g/mol. The van der Waals surface area contributed by atoms with Crippen molar-refractivity contribution in [3.05, 3.63) is 94.5 Å². The fraction of sp³-hybridized carbons (Fsp3) is 0.355. The molecule has 0 saturated carbocycles. The Morgan fingerprint density at radius 2 is 1.60 bits per heavy atom. The molecule has 1 N–H and O–H groups in total. The molecule has 3 aromatic rings. The predicted octanol–water partition coefficient (Wildman–Crippen LogP) is 5.88. The number of carbonyl (C=O) groups is 2. The molecule has 0 aliphatic carbocycles. The molecule has 0 aliphatic heterocycles. The molecule has 7 nitrogen and oxygen atoms in total. The van der Waals surface area contributed by atoms with Crippen LogP contribution in [-0.2, 0) is 26.2 Å². The molecule has 9 heteroatoms. The number of hydrogen-bond donors (Lipinski definition) is 1. The van der Waals surface area contributed by atoms with E-state index in [2.05, 4.69) is 5.32 Å². The van der Waals surface area contributed by atoms with E-state index in [0.29, 0.717) is 23.7 Å². The van der Waals surface area contributed by atoms with Gasteiger partial charge in [-0.25, -0.2) is 8.42 Å². The minimum Gasteiger partial charge on any atom is -0.354 e. The molecule has 2 amide bonds. The lowest BCUT2D eigenvalue weighted by molar-refractivity contribution is -0.140. The Labute approximate surface area is 243 Å². The van der Waals surface area contributed by atoms with Gasteiger partial charge in [0, 0.05) is 18.1 Å². The smallest absolute Gasteiger partial charge is 0.264 e. The minimum atomic E-state index is -4.10. The third-order valence-electron chi connectivity index (χ3n) is 6.94. The van der Waals surface area contributed by atoms with E-state index in [0.717, 1.165) is 33.8 Å². The molecule has 1 unspecified atom stereocenters. The summed E-state index contributed by atoms with van der Waals surface area (Å²) >= 11 is 6.08. The average molecular weight is 584 g/mol. The molecule has 0 spiro atoms. The van der Waals surface area contributed by atoms with Gasteiger partial charge in [0.05, 0.1) is 10.6 Å². The van der Waals surface area contributed by atoms with Crippen LogP contribution in [-0.4, -0.2) is 44.3 Å². The largest absolute Gasteiger partial charge is 0.354 e.